The molecule has 1 aliphatic rings. The molecule has 3 atom stereocenters. The number of aliphatic imine (C=N–C) groups is 1. The molecule has 0 bridgehead atoms. The van der Waals surface area contributed by atoms with Crippen LogP contribution in [-0.2, 0) is 15.8 Å². The highest BCUT2D eigenvalue weighted by molar-refractivity contribution is 7.86. The van der Waals surface area contributed by atoms with Crippen LogP contribution in [0.5, 0.6) is 0 Å². The Kier molecular flexibility index (Phi) is 7.17. The first-order valence-corrected chi connectivity index (χ1v) is 9.71. The fourth-order valence-corrected chi connectivity index (χ4v) is 3.20. The van der Waals surface area contributed by atoms with Crippen molar-refractivity contribution in [2.45, 2.75) is 25.6 Å². The summed E-state index contributed by atoms with van der Waals surface area (Å²) in [4.78, 5) is 17.6. The Bertz CT molecular complexity index is 852. The molecule has 1 fully saturated rings. The van der Waals surface area contributed by atoms with Crippen LogP contribution in [0.25, 0.3) is 0 Å². The fourth-order valence-electron chi connectivity index (χ4n) is 2.81. The van der Waals surface area contributed by atoms with Gasteiger partial charge in [0.05, 0.1) is 11.6 Å². The summed E-state index contributed by atoms with van der Waals surface area (Å²) in [6.45, 7) is 4.49. The molecule has 11 heteroatoms. The molecule has 2 rings (SSSR count). The Hall–Kier alpha value is -2.69. The van der Waals surface area contributed by atoms with Crippen LogP contribution in [-0.4, -0.2) is 39.6 Å². The molecule has 1 heterocycles. The summed E-state index contributed by atoms with van der Waals surface area (Å²) in [6, 6.07) is 4.45. The van der Waals surface area contributed by atoms with Gasteiger partial charge in [0.2, 0.25) is 0 Å². The van der Waals surface area contributed by atoms with E-state index in [1.807, 2.05) is 0 Å². The fraction of sp³-hybridized carbons (Fsp3) is 0.333. The molecule has 0 aliphatic carbocycles. The van der Waals surface area contributed by atoms with Gasteiger partial charge in [-0.15, -0.1) is 0 Å². The number of carbonyl (C=O) groups is 1. The quantitative estimate of drug-likeness (QED) is 0.324. The summed E-state index contributed by atoms with van der Waals surface area (Å²) < 4.78 is 66.0. The zero-order valence-electron chi connectivity index (χ0n) is 15.4. The van der Waals surface area contributed by atoms with Crippen molar-refractivity contribution in [3.8, 4) is 0 Å². The van der Waals surface area contributed by atoms with Crippen molar-refractivity contribution in [1.82, 2.24) is 9.62 Å². The number of halogens is 4. The topological polar surface area (TPSA) is 87.8 Å². The molecule has 1 aliphatic heterocycles. The van der Waals surface area contributed by atoms with Gasteiger partial charge < -0.3 is 10.6 Å². The van der Waals surface area contributed by atoms with E-state index >= 15 is 0 Å². The predicted molar refractivity (Wildman–Crippen MR) is 103 cm³/mol. The van der Waals surface area contributed by atoms with E-state index in [-0.39, 0.29) is 24.5 Å². The Morgan fingerprint density at radius 2 is 2.00 bits per heavy atom. The number of amidine groups is 1. The average Bonchev–Trinajstić information content (AvgIpc) is 3.04. The number of nitrogens with one attached hydrogen (secondary N) is 1. The van der Waals surface area contributed by atoms with E-state index in [0.717, 1.165) is 23.6 Å². The number of benzene rings is 1. The van der Waals surface area contributed by atoms with E-state index in [2.05, 4.69) is 16.3 Å². The molecule has 0 saturated carbocycles. The van der Waals surface area contributed by atoms with Gasteiger partial charge in [0.1, 0.15) is 28.3 Å². The van der Waals surface area contributed by atoms with E-state index < -0.39 is 46.5 Å². The van der Waals surface area contributed by atoms with E-state index in [1.54, 1.807) is 6.92 Å². The maximum atomic E-state index is 13.2. The van der Waals surface area contributed by atoms with Crippen LogP contribution in [0, 0.1) is 11.7 Å². The summed E-state index contributed by atoms with van der Waals surface area (Å²) in [5.41, 5.74) is 5.59. The van der Waals surface area contributed by atoms with Crippen molar-refractivity contribution >= 4 is 28.4 Å². The number of nitrogens with two attached hydrogens (primary N) is 1. The van der Waals surface area contributed by atoms with E-state index in [1.165, 1.54) is 17.0 Å². The van der Waals surface area contributed by atoms with Crippen LogP contribution in [0.4, 0.5) is 23.2 Å². The standard InChI is InChI=1S/C18H20F4N4O2S/c1-3-29(28)25-17(27)15(23)9-16(24-14-6-4-13(19)5-7-14)26-10-12(8-11(26)2)18(20,21)22/h3-7,9,11-12H,1,8,10,23H2,2H3,(H,25,27)/b15-9-,24-16?/t11-,12?,29?/m1/s1. The first-order chi connectivity index (χ1) is 13.5. The van der Waals surface area contributed by atoms with Crippen molar-refractivity contribution in [3.05, 3.63) is 53.8 Å². The number of rotatable bonds is 5. The minimum Gasteiger partial charge on any atom is -0.394 e. The number of nitrogens with zero attached hydrogens (tertiary/aromatic N) is 2. The maximum absolute atomic E-state index is 13.2. The number of hydrogen-bond donors (Lipinski definition) is 2. The molecule has 6 nitrogen and oxygen atoms in total. The van der Waals surface area contributed by atoms with Crippen molar-refractivity contribution in [3.63, 3.8) is 0 Å². The first-order valence-electron chi connectivity index (χ1n) is 8.50. The van der Waals surface area contributed by atoms with Crippen molar-refractivity contribution in [1.29, 1.82) is 0 Å². The smallest absolute Gasteiger partial charge is 0.393 e. The van der Waals surface area contributed by atoms with Gasteiger partial charge in [-0.25, -0.2) is 13.6 Å². The molecule has 158 valence electrons. The predicted octanol–water partition coefficient (Wildman–Crippen LogP) is 2.89. The second-order valence-corrected chi connectivity index (χ2v) is 7.55. The van der Waals surface area contributed by atoms with Gasteiger partial charge in [-0.3, -0.25) is 9.52 Å². The van der Waals surface area contributed by atoms with Gasteiger partial charge >= 0.3 is 6.18 Å². The van der Waals surface area contributed by atoms with Crippen LogP contribution >= 0.6 is 0 Å². The van der Waals surface area contributed by atoms with Crippen LogP contribution < -0.4 is 10.5 Å². The number of amides is 1. The van der Waals surface area contributed by atoms with Crippen LogP contribution in [0.1, 0.15) is 13.3 Å². The molecular weight excluding hydrogens is 412 g/mol. The van der Waals surface area contributed by atoms with Crippen molar-refractivity contribution < 1.29 is 26.6 Å². The van der Waals surface area contributed by atoms with Gasteiger partial charge in [-0.05, 0) is 37.6 Å². The molecule has 0 radical (unpaired) electrons. The zero-order valence-corrected chi connectivity index (χ0v) is 16.3. The summed E-state index contributed by atoms with van der Waals surface area (Å²) in [5.74, 6) is -2.95. The third kappa shape index (κ3) is 6.14. The minimum atomic E-state index is -4.38. The number of hydrogen-bond acceptors (Lipinski definition) is 4. The van der Waals surface area contributed by atoms with Crippen LogP contribution in [0.15, 0.2) is 53.0 Å². The van der Waals surface area contributed by atoms with Gasteiger partial charge in [0.25, 0.3) is 5.91 Å². The lowest BCUT2D eigenvalue weighted by atomic mass is 10.1. The van der Waals surface area contributed by atoms with Crippen molar-refractivity contribution in [2.75, 3.05) is 6.54 Å². The molecule has 0 spiro atoms. The Labute approximate surface area is 167 Å². The second-order valence-electron chi connectivity index (χ2n) is 6.42. The lowest BCUT2D eigenvalue weighted by Gasteiger charge is -2.24. The van der Waals surface area contributed by atoms with E-state index in [0.29, 0.717) is 0 Å². The molecular formula is C18H20F4N4O2S. The van der Waals surface area contributed by atoms with Gasteiger partial charge in [-0.1, -0.05) is 6.58 Å². The first kappa shape index (κ1) is 22.6. The monoisotopic (exact) mass is 432 g/mol. The van der Waals surface area contributed by atoms with Crippen LogP contribution in [0.3, 0.4) is 0 Å². The van der Waals surface area contributed by atoms with Gasteiger partial charge in [0, 0.05) is 24.1 Å². The number of likely N-dealkylation sites (tertiary alicyclic amines) is 1. The lowest BCUT2D eigenvalue weighted by molar-refractivity contribution is -0.170. The van der Waals surface area contributed by atoms with Crippen molar-refractivity contribution in [2.24, 2.45) is 16.6 Å². The molecule has 1 aromatic rings. The molecule has 1 amide bonds. The molecule has 29 heavy (non-hydrogen) atoms. The SMILES string of the molecule is C=CS(=O)NC(=O)/C(N)=C/C(=Nc1ccc(F)cc1)N1CC(C(F)(F)F)C[C@H]1C. The molecule has 1 saturated heterocycles. The van der Waals surface area contributed by atoms with Gasteiger partial charge in [-0.2, -0.15) is 13.2 Å². The third-order valence-corrected chi connectivity index (χ3v) is 4.98. The molecule has 2 unspecified atom stereocenters. The highest BCUT2D eigenvalue weighted by atomic mass is 32.2. The maximum Gasteiger partial charge on any atom is 0.393 e. The van der Waals surface area contributed by atoms with Crippen LogP contribution in [0.2, 0.25) is 0 Å². The normalized spacial score (nSPS) is 21.8. The minimum absolute atomic E-state index is 0.00731. The van der Waals surface area contributed by atoms with Gasteiger partial charge in [0.15, 0.2) is 0 Å². The number of alkyl halides is 3. The summed E-state index contributed by atoms with van der Waals surface area (Å²) in [7, 11) is -1.86. The number of carbonyl (C=O) groups excluding carboxylic acids is 1. The Balaban J connectivity index is 2.40. The second kappa shape index (κ2) is 9.21. The highest BCUT2D eigenvalue weighted by Gasteiger charge is 2.46. The Morgan fingerprint density at radius 3 is 2.52 bits per heavy atom. The largest absolute Gasteiger partial charge is 0.394 e. The summed E-state index contributed by atoms with van der Waals surface area (Å²) in [6.07, 6.45) is -3.42. The highest BCUT2D eigenvalue weighted by Crippen LogP contribution is 2.37. The summed E-state index contributed by atoms with van der Waals surface area (Å²) >= 11 is 0. The Morgan fingerprint density at radius 1 is 1.38 bits per heavy atom. The molecule has 1 aromatic carbocycles. The average molecular weight is 432 g/mol. The lowest BCUT2D eigenvalue weighted by Crippen LogP contribution is -2.36. The third-order valence-electron chi connectivity index (χ3n) is 4.29. The zero-order chi connectivity index (χ0) is 21.8. The summed E-state index contributed by atoms with van der Waals surface area (Å²) in [5, 5.41) is 0.981. The van der Waals surface area contributed by atoms with E-state index in [9.17, 15) is 26.6 Å². The van der Waals surface area contributed by atoms with E-state index in [4.69, 9.17) is 5.73 Å². The molecule has 0 aromatic heterocycles. The molecule has 3 N–H and O–H groups in total.